The molecule has 3 nitrogen and oxygen atoms in total. The van der Waals surface area contributed by atoms with Crippen molar-refractivity contribution in [3.05, 3.63) is 245 Å². The summed E-state index contributed by atoms with van der Waals surface area (Å²) in [5, 5.41) is 3.80. The summed E-state index contributed by atoms with van der Waals surface area (Å²) in [6, 6.07) is 68.5. The van der Waals surface area contributed by atoms with Crippen molar-refractivity contribution in [3.63, 3.8) is 0 Å². The van der Waals surface area contributed by atoms with E-state index in [1.165, 1.54) is 12.1 Å². The summed E-state index contributed by atoms with van der Waals surface area (Å²) in [4.78, 5) is 4.48. The van der Waals surface area contributed by atoms with Crippen molar-refractivity contribution in [1.82, 2.24) is 9.13 Å². The molecular weight excluding hydrogens is 892 g/mol. The summed E-state index contributed by atoms with van der Waals surface area (Å²) in [6.45, 7) is 17.6. The van der Waals surface area contributed by atoms with Gasteiger partial charge in [0.2, 0.25) is 5.69 Å². The molecule has 0 aliphatic heterocycles. The van der Waals surface area contributed by atoms with Crippen LogP contribution in [0.2, 0.25) is 0 Å². The Balaban J connectivity index is 1.24. The van der Waals surface area contributed by atoms with Gasteiger partial charge in [0.05, 0.1) is 45.6 Å². The molecule has 0 atom stereocenters. The zero-order chi connectivity index (χ0) is 49.4. The third kappa shape index (κ3) is 7.53. The maximum absolute atomic E-state index is 15.4. The summed E-state index contributed by atoms with van der Waals surface area (Å²) in [7, 11) is 0. The normalized spacial score (nSPS) is 11.8. The lowest BCUT2D eigenvalue weighted by Gasteiger charge is -2.22. The number of halogens is 3. The topological polar surface area (TPSA) is 14.2 Å². The molecular formula is C66H46F3N3. The number of hydrogen-bond acceptors (Lipinski definition) is 0. The van der Waals surface area contributed by atoms with Crippen LogP contribution in [-0.2, 0) is 6.18 Å². The minimum absolute atomic E-state index is 0.0126. The minimum Gasteiger partial charge on any atom is -0.319 e. The molecule has 12 aromatic rings. The number of nitrogens with zero attached hydrogens (tertiary/aromatic N) is 3. The lowest BCUT2D eigenvalue weighted by Crippen LogP contribution is -2.09. The summed E-state index contributed by atoms with van der Waals surface area (Å²) in [5.41, 5.74) is 16.4. The molecule has 2 heterocycles. The van der Waals surface area contributed by atoms with Crippen molar-refractivity contribution in [2.24, 2.45) is 0 Å². The highest BCUT2D eigenvalue weighted by molar-refractivity contribution is 6.14. The number of aromatic nitrogens is 2. The van der Waals surface area contributed by atoms with Crippen LogP contribution in [0.15, 0.2) is 206 Å². The van der Waals surface area contributed by atoms with Gasteiger partial charge in [0.15, 0.2) is 0 Å². The third-order valence-corrected chi connectivity index (χ3v) is 14.3. The fourth-order valence-electron chi connectivity index (χ4n) is 10.5. The van der Waals surface area contributed by atoms with Crippen LogP contribution in [0.5, 0.6) is 0 Å². The molecule has 0 amide bonds. The largest absolute Gasteiger partial charge is 0.417 e. The Hall–Kier alpha value is -8.92. The lowest BCUT2D eigenvalue weighted by atomic mass is 9.95. The van der Waals surface area contributed by atoms with Crippen molar-refractivity contribution in [2.75, 3.05) is 0 Å². The van der Waals surface area contributed by atoms with Crippen LogP contribution in [0.25, 0.3) is 115 Å². The Bertz CT molecular complexity index is 3940. The first-order valence-electron chi connectivity index (χ1n) is 24.1. The van der Waals surface area contributed by atoms with E-state index in [1.54, 1.807) is 12.1 Å². The molecule has 2 aromatic heterocycles. The molecule has 12 rings (SSSR count). The summed E-state index contributed by atoms with van der Waals surface area (Å²) >= 11 is 0. The molecule has 0 radical (unpaired) electrons. The highest BCUT2D eigenvalue weighted by Crippen LogP contribution is 2.49. The first kappa shape index (κ1) is 44.3. The van der Waals surface area contributed by atoms with E-state index in [9.17, 15) is 6.57 Å². The highest BCUT2D eigenvalue weighted by Gasteiger charge is 2.35. The second-order valence-electron chi connectivity index (χ2n) is 19.0. The number of aryl methyl sites for hydroxylation is 4. The fraction of sp³-hybridized carbons (Fsp3) is 0.0758. The van der Waals surface area contributed by atoms with Crippen LogP contribution < -0.4 is 0 Å². The number of hydrogen-bond donors (Lipinski definition) is 0. The summed E-state index contributed by atoms with van der Waals surface area (Å²) in [5.74, 6) is 0. The average Bonchev–Trinajstić information content (AvgIpc) is 3.89. The van der Waals surface area contributed by atoms with E-state index in [1.807, 2.05) is 6.07 Å². The molecule has 0 saturated carbocycles. The second kappa shape index (κ2) is 17.2. The summed E-state index contributed by atoms with van der Waals surface area (Å²) < 4.78 is 50.5. The Labute approximate surface area is 416 Å². The zero-order valence-corrected chi connectivity index (χ0v) is 40.1. The van der Waals surface area contributed by atoms with Crippen LogP contribution in [0, 0.1) is 34.3 Å². The number of rotatable bonds is 7. The average molecular weight is 938 g/mol. The van der Waals surface area contributed by atoms with Crippen LogP contribution >= 0.6 is 0 Å². The van der Waals surface area contributed by atoms with Crippen LogP contribution in [-0.4, -0.2) is 9.13 Å². The first-order valence-corrected chi connectivity index (χ1v) is 24.1. The maximum Gasteiger partial charge on any atom is 0.417 e. The number of benzene rings is 10. The van der Waals surface area contributed by atoms with Crippen molar-refractivity contribution in [1.29, 1.82) is 0 Å². The van der Waals surface area contributed by atoms with Gasteiger partial charge in [-0.05, 0) is 120 Å². The van der Waals surface area contributed by atoms with Crippen LogP contribution in [0.3, 0.4) is 0 Å². The van der Waals surface area contributed by atoms with Gasteiger partial charge in [0.25, 0.3) is 0 Å². The predicted octanol–water partition coefficient (Wildman–Crippen LogP) is 19.0. The van der Waals surface area contributed by atoms with E-state index >= 15 is 13.2 Å². The molecule has 0 unspecified atom stereocenters. The van der Waals surface area contributed by atoms with Crippen LogP contribution in [0.4, 0.5) is 18.9 Å². The Kier molecular flexibility index (Phi) is 10.6. The van der Waals surface area contributed by atoms with E-state index in [-0.39, 0.29) is 11.3 Å². The van der Waals surface area contributed by atoms with Crippen molar-refractivity contribution < 1.29 is 13.2 Å². The highest BCUT2D eigenvalue weighted by atomic mass is 19.4. The van der Waals surface area contributed by atoms with Crippen LogP contribution in [0.1, 0.15) is 27.8 Å². The van der Waals surface area contributed by atoms with Gasteiger partial charge in [-0.15, -0.1) is 0 Å². The van der Waals surface area contributed by atoms with Gasteiger partial charge in [-0.1, -0.05) is 192 Å². The van der Waals surface area contributed by atoms with E-state index < -0.39 is 11.7 Å². The molecule has 0 saturated heterocycles. The van der Waals surface area contributed by atoms with Crippen molar-refractivity contribution >= 4 is 49.3 Å². The SMILES string of the molecule is [C-]#[N+]c1c(-n2c3cc(-c4ccc(C)cc4)ccc3c3ccc(-c4ccc(C)cc4)cc32)ccc(-c2ccccc2C(F)(F)F)c1-n1c2cc(-c3ccc(C)cc3)ccc2c2ccc(-c3ccc(C)cc3)cc21. The van der Waals surface area contributed by atoms with E-state index in [0.29, 0.717) is 16.9 Å². The van der Waals surface area contributed by atoms with Gasteiger partial charge in [-0.2, -0.15) is 13.2 Å². The standard InChI is InChI=1S/C66H46F3N3/c1-40-10-18-44(19-11-40)48-26-30-53-54-31-27-49(45-20-12-41(2)13-21-45)37-61(54)71(60(53)36-48)59-35-34-57(52-8-6-7-9-58(52)66(67,68)69)65(64(59)70-5)72-62-38-50(46-22-14-42(3)15-23-46)28-32-55(62)56-33-29-51(39-63(56)72)47-24-16-43(4)17-25-47/h6-39H,1-4H3. The molecule has 0 fully saturated rings. The van der Waals surface area contributed by atoms with Crippen molar-refractivity contribution in [2.45, 2.75) is 33.9 Å². The monoisotopic (exact) mass is 937 g/mol. The molecule has 0 aliphatic rings. The molecule has 0 N–H and O–H groups in total. The minimum atomic E-state index is -4.69. The quantitative estimate of drug-likeness (QED) is 0.141. The van der Waals surface area contributed by atoms with E-state index in [2.05, 4.69) is 212 Å². The predicted molar refractivity (Wildman–Crippen MR) is 293 cm³/mol. The molecule has 0 spiro atoms. The summed E-state index contributed by atoms with van der Waals surface area (Å²) in [6.07, 6.45) is -4.69. The van der Waals surface area contributed by atoms with Gasteiger partial charge >= 0.3 is 6.18 Å². The van der Waals surface area contributed by atoms with Gasteiger partial charge in [0.1, 0.15) is 0 Å². The molecule has 72 heavy (non-hydrogen) atoms. The molecule has 346 valence electrons. The van der Waals surface area contributed by atoms with Gasteiger partial charge in [-0.3, -0.25) is 0 Å². The zero-order valence-electron chi connectivity index (χ0n) is 40.1. The van der Waals surface area contributed by atoms with Gasteiger partial charge in [0, 0.05) is 21.5 Å². The third-order valence-electron chi connectivity index (χ3n) is 14.3. The molecule has 0 aliphatic carbocycles. The Morgan fingerprint density at radius 2 is 0.694 bits per heavy atom. The van der Waals surface area contributed by atoms with Crippen molar-refractivity contribution in [3.8, 4) is 67.0 Å². The fourth-order valence-corrected chi connectivity index (χ4v) is 10.5. The molecule has 0 bridgehead atoms. The first-order chi connectivity index (χ1) is 34.9. The second-order valence-corrected chi connectivity index (χ2v) is 19.0. The van der Waals surface area contributed by atoms with Gasteiger partial charge in [-0.25, -0.2) is 4.85 Å². The number of fused-ring (bicyclic) bond motifs is 6. The molecule has 10 aromatic carbocycles. The lowest BCUT2D eigenvalue weighted by molar-refractivity contribution is -0.137. The van der Waals surface area contributed by atoms with Gasteiger partial charge < -0.3 is 9.13 Å². The smallest absolute Gasteiger partial charge is 0.319 e. The van der Waals surface area contributed by atoms with E-state index in [4.69, 9.17) is 0 Å². The Morgan fingerprint density at radius 1 is 0.361 bits per heavy atom. The Morgan fingerprint density at radius 3 is 1.04 bits per heavy atom. The van der Waals surface area contributed by atoms with E-state index in [0.717, 1.165) is 116 Å². The molecule has 6 heteroatoms. The number of alkyl halides is 3. The maximum atomic E-state index is 15.4.